The van der Waals surface area contributed by atoms with Crippen molar-refractivity contribution in [3.63, 3.8) is 0 Å². The molecule has 1 aromatic carbocycles. The summed E-state index contributed by atoms with van der Waals surface area (Å²) in [6.07, 6.45) is 1.40. The Bertz CT molecular complexity index is 789. The van der Waals surface area contributed by atoms with Crippen molar-refractivity contribution in [3.8, 4) is 0 Å². The number of rotatable bonds is 7. The summed E-state index contributed by atoms with van der Waals surface area (Å²) in [5.41, 5.74) is 0.922. The second kappa shape index (κ2) is 8.61. The first-order chi connectivity index (χ1) is 11.3. The largest absolute Gasteiger partial charge is 0.338 e. The summed E-state index contributed by atoms with van der Waals surface area (Å²) >= 11 is 5.05. The Labute approximate surface area is 153 Å². The highest BCUT2D eigenvalue weighted by molar-refractivity contribution is 9.11. The maximum Gasteiger partial charge on any atom is 0.314 e. The molecule has 0 aliphatic carbocycles. The van der Waals surface area contributed by atoms with E-state index in [0.29, 0.717) is 19.5 Å². The zero-order valence-corrected chi connectivity index (χ0v) is 16.0. The minimum absolute atomic E-state index is 0.0807. The molecule has 0 saturated carbocycles. The molecule has 0 aliphatic rings. The van der Waals surface area contributed by atoms with Gasteiger partial charge in [-0.2, -0.15) is 0 Å². The highest BCUT2D eigenvalue weighted by Crippen LogP contribution is 2.21. The molecule has 2 rings (SSSR count). The summed E-state index contributed by atoms with van der Waals surface area (Å²) in [5.74, 6) is 0. The van der Waals surface area contributed by atoms with Gasteiger partial charge in [0.15, 0.2) is 0 Å². The van der Waals surface area contributed by atoms with Crippen LogP contribution in [0.1, 0.15) is 10.4 Å². The third kappa shape index (κ3) is 6.23. The third-order valence-corrected chi connectivity index (χ3v) is 5.85. The number of carbonyl (C=O) groups is 1. The molecule has 2 amide bonds. The fourth-order valence-corrected chi connectivity index (χ4v) is 4.01. The van der Waals surface area contributed by atoms with Crippen molar-refractivity contribution in [1.82, 2.24) is 10.6 Å². The van der Waals surface area contributed by atoms with E-state index in [1.165, 1.54) is 17.0 Å². The smallest absolute Gasteiger partial charge is 0.314 e. The lowest BCUT2D eigenvalue weighted by molar-refractivity contribution is 0.241. The number of hydrogen-bond acceptors (Lipinski definition) is 4. The molecule has 0 aliphatic heterocycles. The first kappa shape index (κ1) is 18.9. The van der Waals surface area contributed by atoms with E-state index in [1.54, 1.807) is 23.5 Å². The Morgan fingerprint density at radius 3 is 2.21 bits per heavy atom. The molecular weight excluding hydrogens is 414 g/mol. The third-order valence-electron chi connectivity index (χ3n) is 3.24. The summed E-state index contributed by atoms with van der Waals surface area (Å²) in [7, 11) is -3.67. The van der Waals surface area contributed by atoms with Crippen LogP contribution in [0.3, 0.4) is 0 Å². The van der Waals surface area contributed by atoms with Gasteiger partial charge in [-0.1, -0.05) is 12.1 Å². The van der Waals surface area contributed by atoms with Gasteiger partial charge in [0.2, 0.25) is 10.0 Å². The first-order valence-electron chi connectivity index (χ1n) is 7.22. The van der Waals surface area contributed by atoms with Gasteiger partial charge in [-0.15, -0.1) is 11.3 Å². The molecule has 0 spiro atoms. The Hall–Kier alpha value is -1.42. The van der Waals surface area contributed by atoms with E-state index in [-0.39, 0.29) is 10.9 Å². The molecule has 1 aromatic heterocycles. The molecule has 130 valence electrons. The number of hydrogen-bond donors (Lipinski definition) is 3. The number of nitrogens with two attached hydrogens (primary N) is 1. The van der Waals surface area contributed by atoms with Crippen LogP contribution < -0.4 is 15.8 Å². The van der Waals surface area contributed by atoms with Crippen LogP contribution in [0.5, 0.6) is 0 Å². The summed E-state index contributed by atoms with van der Waals surface area (Å²) in [6.45, 7) is 1.03. The molecule has 9 heteroatoms. The number of urea groups is 1. The molecular formula is C15H18BrN3O3S2. The number of amides is 2. The van der Waals surface area contributed by atoms with Crippen molar-refractivity contribution in [2.24, 2.45) is 5.14 Å². The number of halogens is 1. The van der Waals surface area contributed by atoms with Gasteiger partial charge in [-0.3, -0.25) is 0 Å². The lowest BCUT2D eigenvalue weighted by atomic mass is 10.1. The van der Waals surface area contributed by atoms with E-state index in [4.69, 9.17) is 5.14 Å². The second-order valence-corrected chi connectivity index (χ2v) is 9.19. The number of thiophene rings is 1. The fourth-order valence-electron chi connectivity index (χ4n) is 2.01. The standard InChI is InChI=1S/C15H18BrN3O3S2/c16-14-6-3-12(23-14)8-10-19-15(20)18-9-7-11-1-4-13(5-2-11)24(17,21)22/h1-6H,7-10H2,(H2,17,21,22)(H2,18,19,20). The van der Waals surface area contributed by atoms with Crippen LogP contribution >= 0.6 is 27.3 Å². The molecule has 0 radical (unpaired) electrons. The molecule has 6 nitrogen and oxygen atoms in total. The summed E-state index contributed by atoms with van der Waals surface area (Å²) in [4.78, 5) is 13.0. The van der Waals surface area contributed by atoms with Crippen LogP contribution in [0.2, 0.25) is 0 Å². The number of primary sulfonamides is 1. The van der Waals surface area contributed by atoms with Gasteiger partial charge in [-0.05, 0) is 58.6 Å². The van der Waals surface area contributed by atoms with Crippen LogP contribution in [0.15, 0.2) is 45.1 Å². The van der Waals surface area contributed by atoms with Crippen molar-refractivity contribution >= 4 is 43.3 Å². The Balaban J connectivity index is 1.67. The highest BCUT2D eigenvalue weighted by atomic mass is 79.9. The highest BCUT2D eigenvalue weighted by Gasteiger charge is 2.07. The predicted octanol–water partition coefficient (Wildman–Crippen LogP) is 2.24. The topological polar surface area (TPSA) is 101 Å². The van der Waals surface area contributed by atoms with Crippen LogP contribution in [-0.4, -0.2) is 27.5 Å². The summed E-state index contributed by atoms with van der Waals surface area (Å²) in [6, 6.07) is 10.1. The van der Waals surface area contributed by atoms with Crippen LogP contribution in [0.25, 0.3) is 0 Å². The van der Waals surface area contributed by atoms with Gasteiger partial charge in [0.05, 0.1) is 8.68 Å². The van der Waals surface area contributed by atoms with E-state index in [9.17, 15) is 13.2 Å². The predicted molar refractivity (Wildman–Crippen MR) is 98.6 cm³/mol. The van der Waals surface area contributed by atoms with Crippen molar-refractivity contribution in [2.75, 3.05) is 13.1 Å². The van der Waals surface area contributed by atoms with Crippen molar-refractivity contribution < 1.29 is 13.2 Å². The van der Waals surface area contributed by atoms with E-state index < -0.39 is 10.0 Å². The number of nitrogens with one attached hydrogen (secondary N) is 2. The maximum atomic E-state index is 11.7. The summed E-state index contributed by atoms with van der Waals surface area (Å²) in [5, 5.41) is 10.6. The minimum Gasteiger partial charge on any atom is -0.338 e. The maximum absolute atomic E-state index is 11.7. The van der Waals surface area contributed by atoms with E-state index >= 15 is 0 Å². The lowest BCUT2D eigenvalue weighted by Crippen LogP contribution is -2.37. The molecule has 4 N–H and O–H groups in total. The Morgan fingerprint density at radius 1 is 1.04 bits per heavy atom. The van der Waals surface area contributed by atoms with Gasteiger partial charge in [0.1, 0.15) is 0 Å². The molecule has 0 unspecified atom stereocenters. The average molecular weight is 432 g/mol. The molecule has 0 saturated heterocycles. The van der Waals surface area contributed by atoms with Crippen molar-refractivity contribution in [3.05, 3.63) is 50.6 Å². The molecule has 24 heavy (non-hydrogen) atoms. The molecule has 0 fully saturated rings. The quantitative estimate of drug-likeness (QED) is 0.626. The zero-order chi connectivity index (χ0) is 17.6. The van der Waals surface area contributed by atoms with Gasteiger partial charge in [-0.25, -0.2) is 18.4 Å². The van der Waals surface area contributed by atoms with E-state index in [2.05, 4.69) is 26.6 Å². The molecule has 0 bridgehead atoms. The molecule has 0 atom stereocenters. The summed E-state index contributed by atoms with van der Waals surface area (Å²) < 4.78 is 23.4. The normalized spacial score (nSPS) is 11.2. The van der Waals surface area contributed by atoms with Crippen molar-refractivity contribution in [2.45, 2.75) is 17.7 Å². The minimum atomic E-state index is -3.67. The van der Waals surface area contributed by atoms with Gasteiger partial charge < -0.3 is 10.6 Å². The molecule has 1 heterocycles. The Morgan fingerprint density at radius 2 is 1.67 bits per heavy atom. The van der Waals surface area contributed by atoms with Crippen LogP contribution in [0, 0.1) is 0 Å². The monoisotopic (exact) mass is 431 g/mol. The number of benzene rings is 1. The Kier molecular flexibility index (Phi) is 6.79. The lowest BCUT2D eigenvalue weighted by Gasteiger charge is -2.07. The molecule has 2 aromatic rings. The number of carbonyl (C=O) groups excluding carboxylic acids is 1. The van der Waals surface area contributed by atoms with Gasteiger partial charge in [0, 0.05) is 18.0 Å². The SMILES string of the molecule is NS(=O)(=O)c1ccc(CCNC(=O)NCCc2ccc(Br)s2)cc1. The van der Waals surface area contributed by atoms with Crippen LogP contribution in [0.4, 0.5) is 4.79 Å². The first-order valence-corrected chi connectivity index (χ1v) is 10.4. The van der Waals surface area contributed by atoms with Gasteiger partial charge >= 0.3 is 6.03 Å². The zero-order valence-electron chi connectivity index (χ0n) is 12.8. The van der Waals surface area contributed by atoms with Crippen LogP contribution in [-0.2, 0) is 22.9 Å². The fraction of sp³-hybridized carbons (Fsp3) is 0.267. The van der Waals surface area contributed by atoms with E-state index in [0.717, 1.165) is 15.8 Å². The number of sulfonamides is 1. The second-order valence-electron chi connectivity index (χ2n) is 5.08. The van der Waals surface area contributed by atoms with Crippen molar-refractivity contribution in [1.29, 1.82) is 0 Å². The van der Waals surface area contributed by atoms with E-state index in [1.807, 2.05) is 12.1 Å². The van der Waals surface area contributed by atoms with Gasteiger partial charge in [0.25, 0.3) is 0 Å². The average Bonchev–Trinajstić information content (AvgIpc) is 2.92.